The zero-order valence-electron chi connectivity index (χ0n) is 9.68. The van der Waals surface area contributed by atoms with Crippen molar-refractivity contribution in [3.63, 3.8) is 0 Å². The van der Waals surface area contributed by atoms with Crippen LogP contribution in [0.4, 0.5) is 0 Å². The number of benzene rings is 1. The summed E-state index contributed by atoms with van der Waals surface area (Å²) < 4.78 is 22.2. The minimum Gasteiger partial charge on any atom is -0.340 e. The highest BCUT2D eigenvalue weighted by Crippen LogP contribution is 2.30. The maximum Gasteiger partial charge on any atom is 0.255 e. The van der Waals surface area contributed by atoms with Gasteiger partial charge in [-0.25, -0.2) is 0 Å². The molecule has 0 aliphatic rings. The largest absolute Gasteiger partial charge is 0.340 e. The molecule has 0 bridgehead atoms. The van der Waals surface area contributed by atoms with E-state index in [2.05, 4.69) is 0 Å². The lowest BCUT2D eigenvalue weighted by atomic mass is 10.1. The van der Waals surface area contributed by atoms with E-state index in [4.69, 9.17) is 9.47 Å². The first-order valence-corrected chi connectivity index (χ1v) is 6.24. The van der Waals surface area contributed by atoms with Gasteiger partial charge in [0.05, 0.1) is 0 Å². The van der Waals surface area contributed by atoms with Gasteiger partial charge in [0.2, 0.25) is 8.46 Å². The third-order valence-electron chi connectivity index (χ3n) is 2.15. The molecule has 0 fully saturated rings. The minimum absolute atomic E-state index is 0.135. The molecule has 0 spiro atoms. The van der Waals surface area contributed by atoms with Gasteiger partial charge in [0.15, 0.2) is 0 Å². The Balaban J connectivity index is 2.80. The van der Waals surface area contributed by atoms with E-state index >= 15 is 0 Å². The Morgan fingerprint density at radius 2 is 1.69 bits per heavy atom. The monoisotopic (exact) mass is 240 g/mol. The first kappa shape index (κ1) is 13.3. The first-order chi connectivity index (χ1) is 7.76. The lowest BCUT2D eigenvalue weighted by Gasteiger charge is -2.26. The Morgan fingerprint density at radius 1 is 1.12 bits per heavy atom. The summed E-state index contributed by atoms with van der Waals surface area (Å²) >= 11 is 0. The fourth-order valence-corrected chi connectivity index (χ4v) is 2.14. The molecule has 0 saturated heterocycles. The summed E-state index contributed by atoms with van der Waals surface area (Å²) in [6, 6.07) is 9.77. The van der Waals surface area contributed by atoms with Gasteiger partial charge in [-0.1, -0.05) is 30.3 Å². The molecule has 88 valence electrons. The van der Waals surface area contributed by atoms with Crippen molar-refractivity contribution in [1.29, 1.82) is 0 Å². The normalized spacial score (nSPS) is 11.9. The van der Waals surface area contributed by atoms with Gasteiger partial charge in [0.25, 0.3) is 5.53 Å². The second kappa shape index (κ2) is 6.74. The maximum absolute atomic E-state index is 11.3. The molecule has 1 aromatic rings. The van der Waals surface area contributed by atoms with Crippen LogP contribution in [0.2, 0.25) is 0 Å². The van der Waals surface area contributed by atoms with Crippen molar-refractivity contribution >= 4 is 8.46 Å². The van der Waals surface area contributed by atoms with E-state index < -0.39 is 5.53 Å². The smallest absolute Gasteiger partial charge is 0.255 e. The quantitative estimate of drug-likeness (QED) is 0.542. The highest BCUT2D eigenvalue weighted by molar-refractivity contribution is 7.25. The number of hydrogen-bond donors (Lipinski definition) is 0. The van der Waals surface area contributed by atoms with Crippen molar-refractivity contribution in [3.05, 3.63) is 35.9 Å². The molecule has 0 N–H and O–H groups in total. The number of ether oxygens (including phenoxy) is 2. The number of rotatable bonds is 7. The van der Waals surface area contributed by atoms with Crippen LogP contribution in [0, 0.1) is 0 Å². The Labute approximate surface area is 98.0 Å². The van der Waals surface area contributed by atoms with Crippen LogP contribution in [-0.2, 0) is 20.5 Å². The van der Waals surface area contributed by atoms with E-state index in [-0.39, 0.29) is 8.46 Å². The fraction of sp³-hybridized carbons (Fsp3) is 0.500. The lowest BCUT2D eigenvalue weighted by Crippen LogP contribution is -2.32. The zero-order chi connectivity index (χ0) is 11.9. The van der Waals surface area contributed by atoms with Gasteiger partial charge in [-0.2, -0.15) is 0 Å². The predicted molar refractivity (Wildman–Crippen MR) is 63.7 cm³/mol. The average Bonchev–Trinajstić information content (AvgIpc) is 2.31. The minimum atomic E-state index is -1.04. The van der Waals surface area contributed by atoms with Crippen molar-refractivity contribution in [3.8, 4) is 0 Å². The third kappa shape index (κ3) is 3.67. The Morgan fingerprint density at radius 3 is 2.12 bits per heavy atom. The molecule has 1 aromatic carbocycles. The molecule has 0 unspecified atom stereocenters. The van der Waals surface area contributed by atoms with Crippen molar-refractivity contribution in [2.75, 3.05) is 13.2 Å². The molecule has 0 atom stereocenters. The molecule has 4 heteroatoms. The van der Waals surface area contributed by atoms with Gasteiger partial charge in [-0.3, -0.25) is 4.57 Å². The van der Waals surface area contributed by atoms with Gasteiger partial charge < -0.3 is 9.47 Å². The second-order valence-corrected chi connectivity index (χ2v) is 4.20. The van der Waals surface area contributed by atoms with E-state index in [1.165, 1.54) is 0 Å². The average molecular weight is 240 g/mol. The van der Waals surface area contributed by atoms with Crippen LogP contribution in [0.15, 0.2) is 30.3 Å². The van der Waals surface area contributed by atoms with Crippen LogP contribution in [0.25, 0.3) is 0 Å². The Hall–Kier alpha value is -0.760. The lowest BCUT2D eigenvalue weighted by molar-refractivity contribution is -0.168. The maximum atomic E-state index is 11.3. The van der Waals surface area contributed by atoms with Gasteiger partial charge in [0, 0.05) is 19.6 Å². The van der Waals surface area contributed by atoms with Crippen molar-refractivity contribution in [2.45, 2.75) is 25.8 Å². The third-order valence-corrected chi connectivity index (χ3v) is 2.84. The van der Waals surface area contributed by atoms with Crippen LogP contribution in [0.1, 0.15) is 19.4 Å². The second-order valence-electron chi connectivity index (χ2n) is 3.33. The first-order valence-electron chi connectivity index (χ1n) is 5.42. The summed E-state index contributed by atoms with van der Waals surface area (Å²) in [5.41, 5.74) is 0.0120. The summed E-state index contributed by atoms with van der Waals surface area (Å²) in [4.78, 5) is 0. The number of hydrogen-bond acceptors (Lipinski definition) is 3. The molecule has 0 aromatic heterocycles. The van der Waals surface area contributed by atoms with E-state index in [1.807, 2.05) is 44.2 Å². The molecule has 0 amide bonds. The highest BCUT2D eigenvalue weighted by Gasteiger charge is 2.32. The van der Waals surface area contributed by atoms with Crippen molar-refractivity contribution in [2.24, 2.45) is 0 Å². The van der Waals surface area contributed by atoms with Gasteiger partial charge in [-0.05, 0) is 19.4 Å². The molecular weight excluding hydrogens is 223 g/mol. The summed E-state index contributed by atoms with van der Waals surface area (Å²) in [6.45, 7) is 4.68. The topological polar surface area (TPSA) is 35.5 Å². The van der Waals surface area contributed by atoms with Gasteiger partial charge >= 0.3 is 0 Å². The van der Waals surface area contributed by atoms with Gasteiger partial charge in [-0.15, -0.1) is 0 Å². The van der Waals surface area contributed by atoms with E-state index in [9.17, 15) is 4.57 Å². The van der Waals surface area contributed by atoms with E-state index in [1.54, 1.807) is 0 Å². The van der Waals surface area contributed by atoms with Crippen LogP contribution in [0.3, 0.4) is 0 Å². The van der Waals surface area contributed by atoms with Crippen molar-refractivity contribution < 1.29 is 14.0 Å². The van der Waals surface area contributed by atoms with E-state index in [0.29, 0.717) is 19.6 Å². The summed E-state index contributed by atoms with van der Waals surface area (Å²) in [7, 11) is -0.135. The molecule has 16 heavy (non-hydrogen) atoms. The fourth-order valence-electron chi connectivity index (χ4n) is 1.53. The predicted octanol–water partition coefficient (Wildman–Crippen LogP) is 3.25. The molecule has 1 rings (SSSR count). The van der Waals surface area contributed by atoms with E-state index in [0.717, 1.165) is 5.56 Å². The zero-order valence-corrected chi connectivity index (χ0v) is 10.6. The molecule has 0 aliphatic carbocycles. The molecule has 0 saturated carbocycles. The molecule has 3 nitrogen and oxygen atoms in total. The molecular formula is C12H17O3P. The standard InChI is InChI=1S/C12H17O3P/c1-3-14-12(16-13,15-4-2)10-11-8-6-5-7-9-11/h5-9H,3-4,10H2,1-2H3. The molecule has 0 aliphatic heterocycles. The molecule has 0 heterocycles. The molecule has 0 radical (unpaired) electrons. The summed E-state index contributed by atoms with van der Waals surface area (Å²) in [5, 5.41) is 0. The Kier molecular flexibility index (Phi) is 5.61. The summed E-state index contributed by atoms with van der Waals surface area (Å²) in [6.07, 6.45) is 0.487. The highest BCUT2D eigenvalue weighted by atomic mass is 31.1. The Bertz CT molecular complexity index is 307. The summed E-state index contributed by atoms with van der Waals surface area (Å²) in [5.74, 6) is 0. The van der Waals surface area contributed by atoms with Crippen LogP contribution in [0.5, 0.6) is 0 Å². The van der Waals surface area contributed by atoms with Crippen LogP contribution < -0.4 is 0 Å². The van der Waals surface area contributed by atoms with Gasteiger partial charge in [0.1, 0.15) is 0 Å². The van der Waals surface area contributed by atoms with Crippen molar-refractivity contribution in [1.82, 2.24) is 0 Å². The SMILES string of the molecule is CCOC(Cc1ccccc1)(OCC)P=O. The van der Waals surface area contributed by atoms with Crippen LogP contribution >= 0.6 is 8.46 Å². The van der Waals surface area contributed by atoms with Crippen LogP contribution in [-0.4, -0.2) is 18.7 Å².